The van der Waals surface area contributed by atoms with E-state index in [-0.39, 0.29) is 0 Å². The largest absolute Gasteiger partial charge is 0.335 e. The lowest BCUT2D eigenvalue weighted by atomic mass is 9.88. The van der Waals surface area contributed by atoms with E-state index in [1.165, 1.54) is 37.9 Å². The highest BCUT2D eigenvalue weighted by molar-refractivity contribution is 5.79. The number of likely N-dealkylation sites (tertiary alicyclic amines) is 2. The Kier molecular flexibility index (Phi) is 5.32. The van der Waals surface area contributed by atoms with Crippen LogP contribution in [-0.4, -0.2) is 54.5 Å². The van der Waals surface area contributed by atoms with Crippen LogP contribution in [0.5, 0.6) is 0 Å². The summed E-state index contributed by atoms with van der Waals surface area (Å²) in [6.07, 6.45) is 4.43. The molecule has 3 fully saturated rings. The summed E-state index contributed by atoms with van der Waals surface area (Å²) in [6.45, 7) is 6.66. The molecule has 4 nitrogen and oxygen atoms in total. The Morgan fingerprint density at radius 3 is 2.62 bits per heavy atom. The zero-order valence-electron chi connectivity index (χ0n) is 16.2. The van der Waals surface area contributed by atoms with Crippen LogP contribution in [0, 0.1) is 17.8 Å². The minimum absolute atomic E-state index is 0.361. The first kappa shape index (κ1) is 18.0. The molecule has 1 amide bonds. The molecule has 142 valence electrons. The molecule has 2 saturated heterocycles. The summed E-state index contributed by atoms with van der Waals surface area (Å²) in [7, 11) is 2.21. The average molecular weight is 356 g/mol. The molecule has 0 unspecified atom stereocenters. The van der Waals surface area contributed by atoms with Crippen LogP contribution in [0.25, 0.3) is 0 Å². The Bertz CT molecular complexity index is 611. The quantitative estimate of drug-likeness (QED) is 0.882. The highest BCUT2D eigenvalue weighted by atomic mass is 16.2. The average Bonchev–Trinajstić information content (AvgIpc) is 3.10. The molecule has 4 atom stereocenters. The lowest BCUT2D eigenvalue weighted by molar-refractivity contribution is -0.129. The van der Waals surface area contributed by atoms with E-state index in [0.29, 0.717) is 35.7 Å². The van der Waals surface area contributed by atoms with Crippen LogP contribution in [0.2, 0.25) is 0 Å². The van der Waals surface area contributed by atoms with Crippen LogP contribution in [0.4, 0.5) is 0 Å². The number of hydrogen-bond donors (Lipinski definition) is 1. The van der Waals surface area contributed by atoms with Gasteiger partial charge in [-0.15, -0.1) is 0 Å². The molecule has 2 heterocycles. The van der Waals surface area contributed by atoms with Crippen molar-refractivity contribution in [2.45, 2.75) is 51.2 Å². The zero-order valence-corrected chi connectivity index (χ0v) is 16.2. The number of benzene rings is 1. The van der Waals surface area contributed by atoms with Gasteiger partial charge in [0, 0.05) is 25.0 Å². The topological polar surface area (TPSA) is 35.6 Å². The molecule has 0 spiro atoms. The van der Waals surface area contributed by atoms with Gasteiger partial charge < -0.3 is 15.1 Å². The van der Waals surface area contributed by atoms with Crippen molar-refractivity contribution >= 4 is 5.91 Å². The molecule has 1 aromatic carbocycles. The van der Waals surface area contributed by atoms with Crippen LogP contribution < -0.4 is 5.32 Å². The van der Waals surface area contributed by atoms with E-state index in [1.807, 2.05) is 6.07 Å². The van der Waals surface area contributed by atoms with E-state index in [1.54, 1.807) is 0 Å². The number of piperidine rings is 1. The van der Waals surface area contributed by atoms with Gasteiger partial charge in [0.1, 0.15) is 0 Å². The fraction of sp³-hybridized carbons (Fsp3) is 0.682. The lowest BCUT2D eigenvalue weighted by Gasteiger charge is -2.31. The van der Waals surface area contributed by atoms with Crippen LogP contribution >= 0.6 is 0 Å². The maximum absolute atomic E-state index is 12.7. The number of hydrogen-bond acceptors (Lipinski definition) is 3. The van der Waals surface area contributed by atoms with Crippen molar-refractivity contribution in [3.05, 3.63) is 35.9 Å². The number of nitrogens with one attached hydrogen (secondary N) is 1. The van der Waals surface area contributed by atoms with E-state index in [0.717, 1.165) is 19.5 Å². The molecular formula is C22H33N3O. The van der Waals surface area contributed by atoms with Crippen molar-refractivity contribution in [1.82, 2.24) is 15.1 Å². The second-order valence-electron chi connectivity index (χ2n) is 8.81. The number of nitrogens with zero attached hydrogens (tertiary/aromatic N) is 2. The van der Waals surface area contributed by atoms with Crippen molar-refractivity contribution in [3.63, 3.8) is 0 Å². The van der Waals surface area contributed by atoms with E-state index in [9.17, 15) is 4.79 Å². The molecule has 3 aliphatic rings. The summed E-state index contributed by atoms with van der Waals surface area (Å²) in [4.78, 5) is 17.3. The molecule has 4 heteroatoms. The summed E-state index contributed by atoms with van der Waals surface area (Å²) in [5, 5.41) is 3.85. The van der Waals surface area contributed by atoms with Gasteiger partial charge in [-0.25, -0.2) is 0 Å². The first-order valence-electron chi connectivity index (χ1n) is 10.4. The van der Waals surface area contributed by atoms with Gasteiger partial charge in [-0.2, -0.15) is 0 Å². The van der Waals surface area contributed by atoms with Crippen LogP contribution in [0.3, 0.4) is 0 Å². The minimum atomic E-state index is 0.361. The molecule has 1 aliphatic carbocycles. The second-order valence-corrected chi connectivity index (χ2v) is 8.81. The minimum Gasteiger partial charge on any atom is -0.335 e. The van der Waals surface area contributed by atoms with Crippen LogP contribution in [0.1, 0.15) is 38.2 Å². The van der Waals surface area contributed by atoms with Gasteiger partial charge in [0.05, 0.1) is 0 Å². The maximum atomic E-state index is 12.7. The molecule has 0 aromatic heterocycles. The maximum Gasteiger partial charge on any atom is 0.223 e. The fourth-order valence-electron chi connectivity index (χ4n) is 5.44. The Balaban J connectivity index is 1.36. The van der Waals surface area contributed by atoms with E-state index in [2.05, 4.69) is 53.4 Å². The molecule has 1 N–H and O–H groups in total. The summed E-state index contributed by atoms with van der Waals surface area (Å²) in [5.41, 5.74) is 1.25. The highest BCUT2D eigenvalue weighted by Crippen LogP contribution is 2.46. The third-order valence-corrected chi connectivity index (χ3v) is 7.08. The monoisotopic (exact) mass is 355 g/mol. The number of rotatable bonds is 5. The first-order chi connectivity index (χ1) is 12.6. The third-order valence-electron chi connectivity index (χ3n) is 7.08. The highest BCUT2D eigenvalue weighted by Gasteiger charge is 2.50. The first-order valence-corrected chi connectivity index (χ1v) is 10.4. The van der Waals surface area contributed by atoms with Gasteiger partial charge in [-0.3, -0.25) is 4.79 Å². The lowest BCUT2D eigenvalue weighted by Crippen LogP contribution is -2.43. The van der Waals surface area contributed by atoms with Gasteiger partial charge >= 0.3 is 0 Å². The molecule has 1 saturated carbocycles. The van der Waals surface area contributed by atoms with Crippen molar-refractivity contribution in [3.8, 4) is 0 Å². The molecule has 4 rings (SSSR count). The molecule has 0 radical (unpaired) electrons. The summed E-state index contributed by atoms with van der Waals surface area (Å²) < 4.78 is 0. The van der Waals surface area contributed by atoms with Gasteiger partial charge in [0.15, 0.2) is 0 Å². The standard InChI is InChI=1S/C22H33N3O/c1-16-12-21-19(20(16)14-23-18-8-10-24(2)11-9-18)13-22(26)25(21)15-17-6-4-3-5-7-17/h3-7,16,18-21,23H,8-15H2,1-2H3/t16-,19-,20+,21+/m0/s1. The zero-order chi connectivity index (χ0) is 18.1. The predicted octanol–water partition coefficient (Wildman–Crippen LogP) is 2.74. The number of fused-ring (bicyclic) bond motifs is 1. The Hall–Kier alpha value is -1.39. The van der Waals surface area contributed by atoms with Gasteiger partial charge in [0.25, 0.3) is 0 Å². The number of carbonyl (C=O) groups excluding carboxylic acids is 1. The molecular weight excluding hydrogens is 322 g/mol. The van der Waals surface area contributed by atoms with Crippen molar-refractivity contribution in [1.29, 1.82) is 0 Å². The Morgan fingerprint density at radius 2 is 1.88 bits per heavy atom. The van der Waals surface area contributed by atoms with E-state index < -0.39 is 0 Å². The molecule has 26 heavy (non-hydrogen) atoms. The van der Waals surface area contributed by atoms with Crippen LogP contribution in [0.15, 0.2) is 30.3 Å². The molecule has 1 aromatic rings. The summed E-state index contributed by atoms with van der Waals surface area (Å²) in [5.74, 6) is 2.25. The summed E-state index contributed by atoms with van der Waals surface area (Å²) >= 11 is 0. The van der Waals surface area contributed by atoms with Crippen molar-refractivity contribution in [2.24, 2.45) is 17.8 Å². The summed E-state index contributed by atoms with van der Waals surface area (Å²) in [6, 6.07) is 11.6. The van der Waals surface area contributed by atoms with Gasteiger partial charge in [-0.05, 0) is 69.3 Å². The predicted molar refractivity (Wildman–Crippen MR) is 105 cm³/mol. The Morgan fingerprint density at radius 1 is 1.15 bits per heavy atom. The van der Waals surface area contributed by atoms with Gasteiger partial charge in [-0.1, -0.05) is 37.3 Å². The van der Waals surface area contributed by atoms with Crippen molar-refractivity contribution < 1.29 is 4.79 Å². The fourth-order valence-corrected chi connectivity index (χ4v) is 5.44. The van der Waals surface area contributed by atoms with Crippen molar-refractivity contribution in [2.75, 3.05) is 26.7 Å². The number of amides is 1. The molecule has 2 aliphatic heterocycles. The Labute approximate surface area is 157 Å². The smallest absolute Gasteiger partial charge is 0.223 e. The SMILES string of the molecule is C[C@H]1C[C@@H]2[C@@H](CC(=O)N2Cc2ccccc2)[C@@H]1CNC1CCN(C)CC1. The number of carbonyl (C=O) groups is 1. The van der Waals surface area contributed by atoms with E-state index in [4.69, 9.17) is 0 Å². The van der Waals surface area contributed by atoms with Crippen LogP contribution in [-0.2, 0) is 11.3 Å². The molecule has 0 bridgehead atoms. The third kappa shape index (κ3) is 3.67. The van der Waals surface area contributed by atoms with E-state index >= 15 is 0 Å². The van der Waals surface area contributed by atoms with Gasteiger partial charge in [0.2, 0.25) is 5.91 Å². The second kappa shape index (κ2) is 7.69. The normalized spacial score (nSPS) is 33.0.